The number of hydrogen-bond donors (Lipinski definition) is 2. The predicted octanol–water partition coefficient (Wildman–Crippen LogP) is 4.90. The molecule has 5 rings (SSSR count). The highest BCUT2D eigenvalue weighted by molar-refractivity contribution is 8.06. The smallest absolute Gasteiger partial charge is 0.271 e. The topological polar surface area (TPSA) is 196 Å². The average Bonchev–Trinajstić information content (AvgIpc) is 3.53. The molecular formula is C33H32N4O8S2. The zero-order valence-electron chi connectivity index (χ0n) is 26.5. The molecule has 0 atom stereocenters. The van der Waals surface area contributed by atoms with Crippen molar-refractivity contribution in [1.29, 1.82) is 0 Å². The van der Waals surface area contributed by atoms with Gasteiger partial charge in [0.15, 0.2) is 10.1 Å². The molecule has 0 saturated heterocycles. The maximum Gasteiger partial charge on any atom is 0.271 e. The van der Waals surface area contributed by atoms with Crippen molar-refractivity contribution in [2.24, 2.45) is 10.7 Å². The number of amides is 1. The Labute approximate surface area is 270 Å². The van der Waals surface area contributed by atoms with Crippen LogP contribution in [0.5, 0.6) is 0 Å². The third-order valence-electron chi connectivity index (χ3n) is 7.95. The SMILES string of the molecule is CN=C(/C=C\C(N)=O)S(=O)(=O)c1oc2ccc(C/C(C)=C(/C)c3cc(S(=O)(=O)c4oc5ccc(C)cc5c4C)n[nH]c3=O)cc2c1C. The Kier molecular flexibility index (Phi) is 8.69. The highest BCUT2D eigenvalue weighted by Crippen LogP contribution is 2.34. The maximum atomic E-state index is 13.6. The van der Waals surface area contributed by atoms with Gasteiger partial charge in [-0.25, -0.2) is 21.9 Å². The second-order valence-corrected chi connectivity index (χ2v) is 14.8. The van der Waals surface area contributed by atoms with E-state index >= 15 is 0 Å². The Morgan fingerprint density at radius 2 is 1.53 bits per heavy atom. The molecule has 0 unspecified atom stereocenters. The molecule has 0 bridgehead atoms. The molecule has 0 aliphatic heterocycles. The van der Waals surface area contributed by atoms with Crippen LogP contribution in [-0.2, 0) is 30.9 Å². The van der Waals surface area contributed by atoms with Crippen LogP contribution in [0.15, 0.2) is 94.0 Å². The Hall–Kier alpha value is -5.08. The summed E-state index contributed by atoms with van der Waals surface area (Å²) in [5.41, 5.74) is 9.26. The van der Waals surface area contributed by atoms with Gasteiger partial charge >= 0.3 is 0 Å². The van der Waals surface area contributed by atoms with Crippen molar-refractivity contribution < 1.29 is 30.5 Å². The molecule has 47 heavy (non-hydrogen) atoms. The molecule has 3 aromatic heterocycles. The van der Waals surface area contributed by atoms with Gasteiger partial charge in [-0.15, -0.1) is 0 Å². The van der Waals surface area contributed by atoms with Crippen molar-refractivity contribution >= 4 is 58.1 Å². The average molecular weight is 677 g/mol. The molecule has 2 aromatic carbocycles. The number of hydrogen-bond acceptors (Lipinski definition) is 10. The second kappa shape index (κ2) is 12.3. The molecule has 0 radical (unpaired) electrons. The number of fused-ring (bicyclic) bond motifs is 2. The van der Waals surface area contributed by atoms with Gasteiger partial charge in [-0.3, -0.25) is 14.6 Å². The van der Waals surface area contributed by atoms with Crippen molar-refractivity contribution in [2.75, 3.05) is 7.05 Å². The fraction of sp³-hybridized carbons (Fsp3) is 0.212. The first-order valence-electron chi connectivity index (χ1n) is 14.3. The number of carbonyl (C=O) groups excluding carboxylic acids is 1. The zero-order chi connectivity index (χ0) is 34.4. The summed E-state index contributed by atoms with van der Waals surface area (Å²) in [5.74, 6) is -0.825. The number of rotatable bonds is 8. The van der Waals surface area contributed by atoms with Crippen LogP contribution in [0.25, 0.3) is 27.5 Å². The van der Waals surface area contributed by atoms with Crippen LogP contribution < -0.4 is 11.3 Å². The number of H-pyrrole nitrogens is 1. The predicted molar refractivity (Wildman–Crippen MR) is 178 cm³/mol. The highest BCUT2D eigenvalue weighted by atomic mass is 32.2. The molecule has 0 spiro atoms. The number of primary amides is 1. The molecule has 12 nitrogen and oxygen atoms in total. The lowest BCUT2D eigenvalue weighted by Gasteiger charge is -2.10. The highest BCUT2D eigenvalue weighted by Gasteiger charge is 2.30. The minimum absolute atomic E-state index is 0.130. The molecule has 0 aliphatic rings. The molecule has 3 heterocycles. The van der Waals surface area contributed by atoms with E-state index in [1.165, 1.54) is 13.1 Å². The number of aliphatic imine (C=N–C) groups is 1. The summed E-state index contributed by atoms with van der Waals surface area (Å²) in [5, 5.41) is 6.08. The first-order valence-corrected chi connectivity index (χ1v) is 17.3. The summed E-state index contributed by atoms with van der Waals surface area (Å²) in [6.07, 6.45) is 2.27. The Bertz CT molecular complexity index is 2480. The van der Waals surface area contributed by atoms with E-state index in [4.69, 9.17) is 14.6 Å². The van der Waals surface area contributed by atoms with Gasteiger partial charge in [-0.1, -0.05) is 23.3 Å². The number of allylic oxidation sites excluding steroid dienone is 2. The third kappa shape index (κ3) is 6.09. The second-order valence-electron chi connectivity index (χ2n) is 11.2. The molecule has 1 amide bonds. The van der Waals surface area contributed by atoms with E-state index in [1.54, 1.807) is 45.0 Å². The number of nitrogens with two attached hydrogens (primary N) is 1. The van der Waals surface area contributed by atoms with Crippen LogP contribution in [0.3, 0.4) is 0 Å². The lowest BCUT2D eigenvalue weighted by molar-refractivity contribution is -0.113. The lowest BCUT2D eigenvalue weighted by Crippen LogP contribution is -2.17. The molecule has 14 heteroatoms. The number of aromatic amines is 1. The number of nitrogens with one attached hydrogen (secondary N) is 1. The van der Waals surface area contributed by atoms with Crippen molar-refractivity contribution in [3.8, 4) is 0 Å². The number of carbonyl (C=O) groups is 1. The van der Waals surface area contributed by atoms with Gasteiger partial charge in [-0.2, -0.15) is 5.10 Å². The zero-order valence-corrected chi connectivity index (χ0v) is 28.1. The van der Waals surface area contributed by atoms with E-state index in [0.29, 0.717) is 45.1 Å². The fourth-order valence-electron chi connectivity index (χ4n) is 5.28. The number of benzene rings is 2. The minimum atomic E-state index is -4.22. The van der Waals surface area contributed by atoms with E-state index in [-0.39, 0.29) is 25.8 Å². The number of nitrogens with zero attached hydrogens (tertiary/aromatic N) is 2. The number of sulfone groups is 2. The van der Waals surface area contributed by atoms with Crippen LogP contribution in [0.1, 0.15) is 41.7 Å². The van der Waals surface area contributed by atoms with E-state index in [2.05, 4.69) is 15.2 Å². The largest absolute Gasteiger partial charge is 0.444 e. The van der Waals surface area contributed by atoms with Gasteiger partial charge in [0.1, 0.15) is 11.2 Å². The van der Waals surface area contributed by atoms with Crippen molar-refractivity contribution in [3.05, 3.63) is 98.4 Å². The summed E-state index contributed by atoms with van der Waals surface area (Å²) in [4.78, 5) is 27.8. The van der Waals surface area contributed by atoms with E-state index in [0.717, 1.165) is 28.9 Å². The summed E-state index contributed by atoms with van der Waals surface area (Å²) in [6, 6.07) is 11.8. The summed E-state index contributed by atoms with van der Waals surface area (Å²) in [7, 11) is -7.14. The Morgan fingerprint density at radius 1 is 0.915 bits per heavy atom. The number of furan rings is 2. The van der Waals surface area contributed by atoms with Crippen LogP contribution in [0.4, 0.5) is 0 Å². The van der Waals surface area contributed by atoms with Crippen LogP contribution in [0, 0.1) is 20.8 Å². The monoisotopic (exact) mass is 676 g/mol. The lowest BCUT2D eigenvalue weighted by atomic mass is 9.97. The molecule has 0 saturated carbocycles. The van der Waals surface area contributed by atoms with Gasteiger partial charge in [0.2, 0.25) is 16.1 Å². The minimum Gasteiger partial charge on any atom is -0.444 e. The van der Waals surface area contributed by atoms with E-state index in [1.807, 2.05) is 26.0 Å². The van der Waals surface area contributed by atoms with Crippen LogP contribution in [-0.4, -0.2) is 45.0 Å². The number of aromatic nitrogens is 2. The quantitative estimate of drug-likeness (QED) is 0.130. The molecule has 0 fully saturated rings. The summed E-state index contributed by atoms with van der Waals surface area (Å²) in [6.45, 7) is 8.68. The first-order chi connectivity index (χ1) is 22.1. The normalized spacial score (nSPS) is 13.5. The molecule has 244 valence electrons. The molecule has 5 aromatic rings. The Morgan fingerprint density at radius 3 is 2.19 bits per heavy atom. The van der Waals surface area contributed by atoms with Gasteiger partial charge in [0.05, 0.1) is 0 Å². The number of aryl methyl sites for hydroxylation is 3. The van der Waals surface area contributed by atoms with Crippen molar-refractivity contribution in [1.82, 2.24) is 10.2 Å². The van der Waals surface area contributed by atoms with Crippen LogP contribution in [0.2, 0.25) is 0 Å². The summed E-state index contributed by atoms with van der Waals surface area (Å²) >= 11 is 0. The molecular weight excluding hydrogens is 645 g/mol. The van der Waals surface area contributed by atoms with Gasteiger partial charge in [0, 0.05) is 40.6 Å². The van der Waals surface area contributed by atoms with Gasteiger partial charge < -0.3 is 14.6 Å². The van der Waals surface area contributed by atoms with Crippen LogP contribution >= 0.6 is 0 Å². The first kappa shape index (κ1) is 33.3. The fourth-order valence-corrected chi connectivity index (χ4v) is 8.01. The molecule has 0 aliphatic carbocycles. The Balaban J connectivity index is 1.49. The summed E-state index contributed by atoms with van der Waals surface area (Å²) < 4.78 is 65.2. The maximum absolute atomic E-state index is 13.6. The van der Waals surface area contributed by atoms with E-state index < -0.39 is 31.1 Å². The van der Waals surface area contributed by atoms with Gasteiger partial charge in [-0.05, 0) is 88.6 Å². The standard InChI is InChI=1S/C33H32N4O8S2/c1-17-7-9-26-23(13-17)20(4)33(44-26)47(42,43)30-16-25(31(39)37-36-30)19(3)18(2)14-22-8-10-27-24(15-22)21(5)32(45-27)46(40,41)29(35-6)12-11-28(34)38/h7-13,15-16H,14H2,1-6H3,(H2,34,38)(H,37,39)/b12-11-,19-18-,35-29?. The van der Waals surface area contributed by atoms with Gasteiger partial charge in [0.25, 0.3) is 25.2 Å². The van der Waals surface area contributed by atoms with Crippen molar-refractivity contribution in [3.63, 3.8) is 0 Å². The third-order valence-corrected chi connectivity index (χ3v) is 11.3. The van der Waals surface area contributed by atoms with E-state index in [9.17, 15) is 26.4 Å². The molecule has 3 N–H and O–H groups in total. The van der Waals surface area contributed by atoms with Crippen molar-refractivity contribution in [2.45, 2.75) is 56.3 Å².